The Labute approximate surface area is 77.2 Å². The number of rotatable bonds is 1. The van der Waals surface area contributed by atoms with Gasteiger partial charge in [-0.15, -0.1) is 0 Å². The third-order valence-electron chi connectivity index (χ3n) is 1.55. The van der Waals surface area contributed by atoms with Crippen LogP contribution in [0.25, 0.3) is 11.1 Å². The highest BCUT2D eigenvalue weighted by atomic mass is 79.9. The zero-order chi connectivity index (χ0) is 8.55. The van der Waals surface area contributed by atoms with Gasteiger partial charge in [-0.25, -0.2) is 4.98 Å². The molecule has 12 heavy (non-hydrogen) atoms. The molecule has 0 aliphatic heterocycles. The summed E-state index contributed by atoms with van der Waals surface area (Å²) in [6.07, 6.45) is 0. The third kappa shape index (κ3) is 1.13. The molecule has 1 aromatic heterocycles. The number of fused-ring (bicyclic) bond motifs is 1. The molecule has 0 saturated carbocycles. The fraction of sp³-hybridized carbons (Fsp3) is 0.125. The fourth-order valence-electron chi connectivity index (χ4n) is 1.03. The van der Waals surface area contributed by atoms with Gasteiger partial charge < -0.3 is 9.52 Å². The number of aliphatic hydroxyl groups excluding tert-OH is 1. The Hall–Kier alpha value is -0.870. The van der Waals surface area contributed by atoms with E-state index in [1.165, 1.54) is 0 Å². The lowest BCUT2D eigenvalue weighted by molar-refractivity contribution is 0.244. The summed E-state index contributed by atoms with van der Waals surface area (Å²) in [6.45, 7) is -0.166. The SMILES string of the molecule is OCc1nc2c(Br)cccc2o1. The first-order valence-corrected chi connectivity index (χ1v) is 4.25. The molecule has 0 radical (unpaired) electrons. The molecule has 2 rings (SSSR count). The number of halogens is 1. The number of para-hydroxylation sites is 1. The van der Waals surface area contributed by atoms with Gasteiger partial charge in [-0.3, -0.25) is 0 Å². The molecule has 0 fully saturated rings. The molecule has 1 aromatic carbocycles. The molecule has 0 atom stereocenters. The highest BCUT2D eigenvalue weighted by Crippen LogP contribution is 2.23. The van der Waals surface area contributed by atoms with Crippen molar-refractivity contribution < 1.29 is 9.52 Å². The van der Waals surface area contributed by atoms with Crippen LogP contribution < -0.4 is 0 Å². The van der Waals surface area contributed by atoms with Crippen LogP contribution in [0.1, 0.15) is 5.89 Å². The smallest absolute Gasteiger partial charge is 0.221 e. The molecule has 0 amide bonds. The highest BCUT2D eigenvalue weighted by molar-refractivity contribution is 9.10. The predicted octanol–water partition coefficient (Wildman–Crippen LogP) is 2.08. The summed E-state index contributed by atoms with van der Waals surface area (Å²) < 4.78 is 6.09. The normalized spacial score (nSPS) is 10.8. The molecule has 0 aliphatic rings. The average molecular weight is 228 g/mol. The lowest BCUT2D eigenvalue weighted by Crippen LogP contribution is -1.79. The number of hydrogen-bond donors (Lipinski definition) is 1. The van der Waals surface area contributed by atoms with E-state index in [9.17, 15) is 0 Å². The minimum absolute atomic E-state index is 0.166. The Kier molecular flexibility index (Phi) is 1.86. The van der Waals surface area contributed by atoms with Crippen molar-refractivity contribution in [3.05, 3.63) is 28.6 Å². The van der Waals surface area contributed by atoms with Crippen LogP contribution in [0, 0.1) is 0 Å². The van der Waals surface area contributed by atoms with Gasteiger partial charge in [0, 0.05) is 4.47 Å². The van der Waals surface area contributed by atoms with E-state index in [1.54, 1.807) is 0 Å². The van der Waals surface area contributed by atoms with Gasteiger partial charge in [0.1, 0.15) is 12.1 Å². The minimum Gasteiger partial charge on any atom is -0.438 e. The Balaban J connectivity index is 2.74. The Morgan fingerprint density at radius 2 is 2.33 bits per heavy atom. The van der Waals surface area contributed by atoms with Crippen molar-refractivity contribution in [2.45, 2.75) is 6.61 Å². The molecule has 0 saturated heterocycles. The summed E-state index contributed by atoms with van der Waals surface area (Å²) in [6, 6.07) is 5.55. The van der Waals surface area contributed by atoms with Crippen molar-refractivity contribution in [3.8, 4) is 0 Å². The summed E-state index contributed by atoms with van der Waals surface area (Å²) in [5.74, 6) is 0.344. The number of hydrogen-bond acceptors (Lipinski definition) is 3. The van der Waals surface area contributed by atoms with E-state index in [1.807, 2.05) is 18.2 Å². The number of benzene rings is 1. The summed E-state index contributed by atoms with van der Waals surface area (Å²) in [5.41, 5.74) is 1.44. The second-order valence-corrected chi connectivity index (χ2v) is 3.21. The van der Waals surface area contributed by atoms with Crippen molar-refractivity contribution in [3.63, 3.8) is 0 Å². The highest BCUT2D eigenvalue weighted by Gasteiger charge is 2.06. The van der Waals surface area contributed by atoms with Crippen LogP contribution in [0.15, 0.2) is 27.1 Å². The molecule has 1 heterocycles. The minimum atomic E-state index is -0.166. The van der Waals surface area contributed by atoms with Crippen LogP contribution in [0.5, 0.6) is 0 Å². The third-order valence-corrected chi connectivity index (χ3v) is 2.19. The van der Waals surface area contributed by atoms with Crippen molar-refractivity contribution in [2.24, 2.45) is 0 Å². The van der Waals surface area contributed by atoms with Gasteiger partial charge in [0.25, 0.3) is 0 Å². The first-order chi connectivity index (χ1) is 5.81. The van der Waals surface area contributed by atoms with Crippen molar-refractivity contribution in [1.82, 2.24) is 4.98 Å². The molecular weight excluding hydrogens is 222 g/mol. The van der Waals surface area contributed by atoms with Crippen LogP contribution in [-0.2, 0) is 6.61 Å². The monoisotopic (exact) mass is 227 g/mol. The average Bonchev–Trinajstić information content (AvgIpc) is 2.49. The van der Waals surface area contributed by atoms with Crippen molar-refractivity contribution in [1.29, 1.82) is 0 Å². The van der Waals surface area contributed by atoms with E-state index in [4.69, 9.17) is 9.52 Å². The van der Waals surface area contributed by atoms with Gasteiger partial charge in [0.05, 0.1) is 0 Å². The number of aromatic nitrogens is 1. The number of oxazole rings is 1. The predicted molar refractivity (Wildman–Crippen MR) is 47.6 cm³/mol. The Bertz CT molecular complexity index is 410. The van der Waals surface area contributed by atoms with Crippen LogP contribution in [0.3, 0.4) is 0 Å². The maximum Gasteiger partial charge on any atom is 0.221 e. The zero-order valence-electron chi connectivity index (χ0n) is 6.12. The maximum atomic E-state index is 8.76. The van der Waals surface area contributed by atoms with Gasteiger partial charge in [-0.1, -0.05) is 6.07 Å². The van der Waals surface area contributed by atoms with Crippen LogP contribution in [0.4, 0.5) is 0 Å². The summed E-state index contributed by atoms with van der Waals surface area (Å²) >= 11 is 3.34. The van der Waals surface area contributed by atoms with Gasteiger partial charge >= 0.3 is 0 Å². The van der Waals surface area contributed by atoms with Gasteiger partial charge in [-0.2, -0.15) is 0 Å². The van der Waals surface area contributed by atoms with Crippen molar-refractivity contribution >= 4 is 27.0 Å². The topological polar surface area (TPSA) is 46.3 Å². The fourth-order valence-corrected chi connectivity index (χ4v) is 1.47. The van der Waals surface area contributed by atoms with Crippen LogP contribution >= 0.6 is 15.9 Å². The van der Waals surface area contributed by atoms with E-state index in [0.717, 1.165) is 9.99 Å². The van der Waals surface area contributed by atoms with E-state index >= 15 is 0 Å². The molecule has 0 spiro atoms. The van der Waals surface area contributed by atoms with E-state index in [2.05, 4.69) is 20.9 Å². The number of nitrogens with zero attached hydrogens (tertiary/aromatic N) is 1. The standard InChI is InChI=1S/C8H6BrNO2/c9-5-2-1-3-6-8(5)10-7(4-11)12-6/h1-3,11H,4H2. The van der Waals surface area contributed by atoms with E-state index in [-0.39, 0.29) is 6.61 Å². The van der Waals surface area contributed by atoms with Gasteiger partial charge in [0.15, 0.2) is 5.58 Å². The quantitative estimate of drug-likeness (QED) is 0.812. The largest absolute Gasteiger partial charge is 0.438 e. The van der Waals surface area contributed by atoms with Gasteiger partial charge in [-0.05, 0) is 28.1 Å². The first kappa shape index (κ1) is 7.76. The summed E-state index contributed by atoms with van der Waals surface area (Å²) in [7, 11) is 0. The first-order valence-electron chi connectivity index (χ1n) is 3.46. The summed E-state index contributed by atoms with van der Waals surface area (Å²) in [4.78, 5) is 4.07. The lowest BCUT2D eigenvalue weighted by Gasteiger charge is -1.86. The molecule has 0 bridgehead atoms. The molecule has 4 heteroatoms. The summed E-state index contributed by atoms with van der Waals surface area (Å²) in [5, 5.41) is 8.76. The van der Waals surface area contributed by atoms with Crippen molar-refractivity contribution in [2.75, 3.05) is 0 Å². The Morgan fingerprint density at radius 1 is 1.50 bits per heavy atom. The lowest BCUT2D eigenvalue weighted by atomic mass is 10.3. The van der Waals surface area contributed by atoms with E-state index < -0.39 is 0 Å². The molecule has 0 aliphatic carbocycles. The molecule has 62 valence electrons. The number of aliphatic hydroxyl groups is 1. The maximum absolute atomic E-state index is 8.76. The molecule has 2 aromatic rings. The van der Waals surface area contributed by atoms with E-state index in [0.29, 0.717) is 11.5 Å². The molecular formula is C8H6BrNO2. The zero-order valence-corrected chi connectivity index (χ0v) is 7.71. The second-order valence-electron chi connectivity index (χ2n) is 2.35. The molecule has 0 unspecified atom stereocenters. The van der Waals surface area contributed by atoms with Gasteiger partial charge in [0.2, 0.25) is 5.89 Å². The molecule has 3 nitrogen and oxygen atoms in total. The molecule has 1 N–H and O–H groups in total. The second kappa shape index (κ2) is 2.88. The van der Waals surface area contributed by atoms with Crippen LogP contribution in [0.2, 0.25) is 0 Å². The van der Waals surface area contributed by atoms with Crippen LogP contribution in [-0.4, -0.2) is 10.1 Å². The Morgan fingerprint density at radius 3 is 3.00 bits per heavy atom.